The summed E-state index contributed by atoms with van der Waals surface area (Å²) in [6.45, 7) is 2.25. The first-order valence-electron chi connectivity index (χ1n) is 6.22. The SMILES string of the molecule is CCCCCCCCC/C=C/CS(C)=O. The maximum atomic E-state index is 10.7. The fraction of sp³-hybridized carbons (Fsp3) is 0.846. The van der Waals surface area contributed by atoms with Gasteiger partial charge in [-0.25, -0.2) is 0 Å². The third-order valence-corrected chi connectivity index (χ3v) is 3.13. The summed E-state index contributed by atoms with van der Waals surface area (Å²) in [5.41, 5.74) is 0. The molecule has 0 amide bonds. The Kier molecular flexibility index (Phi) is 11.9. The van der Waals surface area contributed by atoms with Gasteiger partial charge in [0.15, 0.2) is 0 Å². The van der Waals surface area contributed by atoms with Crippen LogP contribution < -0.4 is 0 Å². The highest BCUT2D eigenvalue weighted by atomic mass is 32.2. The molecule has 0 N–H and O–H groups in total. The van der Waals surface area contributed by atoms with E-state index in [4.69, 9.17) is 0 Å². The van der Waals surface area contributed by atoms with Crippen molar-refractivity contribution in [2.24, 2.45) is 0 Å². The summed E-state index contributed by atoms with van der Waals surface area (Å²) < 4.78 is 10.7. The molecule has 0 heterocycles. The van der Waals surface area contributed by atoms with Crippen molar-refractivity contribution < 1.29 is 4.21 Å². The summed E-state index contributed by atoms with van der Waals surface area (Å²) in [5.74, 6) is 0.719. The van der Waals surface area contributed by atoms with Gasteiger partial charge in [-0.15, -0.1) is 0 Å². The van der Waals surface area contributed by atoms with Crippen LogP contribution in [0.3, 0.4) is 0 Å². The normalized spacial score (nSPS) is 13.5. The van der Waals surface area contributed by atoms with Gasteiger partial charge in [0.2, 0.25) is 0 Å². The molecule has 15 heavy (non-hydrogen) atoms. The van der Waals surface area contributed by atoms with Crippen LogP contribution in [0.15, 0.2) is 12.2 Å². The quantitative estimate of drug-likeness (QED) is 0.408. The molecule has 1 atom stereocenters. The van der Waals surface area contributed by atoms with Crippen LogP contribution in [0.1, 0.15) is 58.3 Å². The lowest BCUT2D eigenvalue weighted by atomic mass is 10.1. The molecule has 0 aromatic rings. The molecule has 90 valence electrons. The zero-order chi connectivity index (χ0) is 11.4. The highest BCUT2D eigenvalue weighted by Gasteiger charge is 1.89. The molecule has 0 fully saturated rings. The standard InChI is InChI=1S/C13H26OS/c1-3-4-5-6-7-8-9-10-11-12-13-15(2)14/h11-12H,3-10,13H2,1-2H3/b12-11+. The van der Waals surface area contributed by atoms with Gasteiger partial charge in [0.25, 0.3) is 0 Å². The van der Waals surface area contributed by atoms with Crippen LogP contribution in [0.2, 0.25) is 0 Å². The summed E-state index contributed by atoms with van der Waals surface area (Å²) >= 11 is 0. The van der Waals surface area contributed by atoms with Gasteiger partial charge in [-0.2, -0.15) is 0 Å². The van der Waals surface area contributed by atoms with Crippen molar-refractivity contribution in [2.75, 3.05) is 12.0 Å². The van der Waals surface area contributed by atoms with Crippen LogP contribution in [-0.4, -0.2) is 16.2 Å². The van der Waals surface area contributed by atoms with Crippen LogP contribution in [0.5, 0.6) is 0 Å². The lowest BCUT2D eigenvalue weighted by Crippen LogP contribution is -1.88. The van der Waals surface area contributed by atoms with E-state index in [1.807, 2.05) is 6.08 Å². The van der Waals surface area contributed by atoms with Crippen LogP contribution in [0, 0.1) is 0 Å². The Morgan fingerprint density at radius 3 is 2.13 bits per heavy atom. The smallest absolute Gasteiger partial charge is 0.0412 e. The number of rotatable bonds is 10. The second kappa shape index (κ2) is 12.0. The summed E-state index contributed by atoms with van der Waals surface area (Å²) in [5, 5.41) is 0. The fourth-order valence-electron chi connectivity index (χ4n) is 1.54. The minimum atomic E-state index is -0.665. The zero-order valence-corrected chi connectivity index (χ0v) is 11.2. The van der Waals surface area contributed by atoms with E-state index in [-0.39, 0.29) is 0 Å². The molecule has 0 saturated heterocycles. The average Bonchev–Trinajstić information content (AvgIpc) is 2.20. The van der Waals surface area contributed by atoms with Crippen molar-refractivity contribution in [3.63, 3.8) is 0 Å². The maximum absolute atomic E-state index is 10.7. The highest BCUT2D eigenvalue weighted by Crippen LogP contribution is 2.08. The first-order chi connectivity index (χ1) is 7.27. The Hall–Kier alpha value is -0.110. The van der Waals surface area contributed by atoms with Gasteiger partial charge >= 0.3 is 0 Å². The first-order valence-corrected chi connectivity index (χ1v) is 7.95. The third-order valence-electron chi connectivity index (χ3n) is 2.47. The van der Waals surface area contributed by atoms with Crippen molar-refractivity contribution in [2.45, 2.75) is 58.3 Å². The molecule has 0 aromatic carbocycles. The lowest BCUT2D eigenvalue weighted by molar-refractivity contribution is 0.592. The predicted octanol–water partition coefficient (Wildman–Crippen LogP) is 4.06. The maximum Gasteiger partial charge on any atom is 0.0412 e. The molecule has 0 aromatic heterocycles. The van der Waals surface area contributed by atoms with Gasteiger partial charge in [-0.3, -0.25) is 4.21 Å². The molecule has 1 unspecified atom stereocenters. The summed E-state index contributed by atoms with van der Waals surface area (Å²) in [6.07, 6.45) is 16.7. The third kappa shape index (κ3) is 13.9. The van der Waals surface area contributed by atoms with E-state index in [0.717, 1.165) is 12.2 Å². The van der Waals surface area contributed by atoms with Crippen LogP contribution in [0.25, 0.3) is 0 Å². The van der Waals surface area contributed by atoms with E-state index in [1.165, 1.54) is 44.9 Å². The average molecular weight is 230 g/mol. The molecule has 1 nitrogen and oxygen atoms in total. The van der Waals surface area contributed by atoms with E-state index in [2.05, 4.69) is 13.0 Å². The molecule has 0 aliphatic heterocycles. The number of hydrogen-bond acceptors (Lipinski definition) is 1. The summed E-state index contributed by atoms with van der Waals surface area (Å²) in [6, 6.07) is 0. The van der Waals surface area contributed by atoms with E-state index in [1.54, 1.807) is 6.26 Å². The van der Waals surface area contributed by atoms with Gasteiger partial charge in [0.05, 0.1) is 0 Å². The van der Waals surface area contributed by atoms with Crippen molar-refractivity contribution in [1.82, 2.24) is 0 Å². The molecule has 0 spiro atoms. The van der Waals surface area contributed by atoms with E-state index in [0.29, 0.717) is 0 Å². The van der Waals surface area contributed by atoms with Gasteiger partial charge in [0.1, 0.15) is 0 Å². The van der Waals surface area contributed by atoms with Crippen LogP contribution in [-0.2, 0) is 10.8 Å². The zero-order valence-electron chi connectivity index (χ0n) is 10.3. The number of allylic oxidation sites excluding steroid dienone is 1. The van der Waals surface area contributed by atoms with Crippen LogP contribution >= 0.6 is 0 Å². The first kappa shape index (κ1) is 14.9. The molecule has 0 bridgehead atoms. The van der Waals surface area contributed by atoms with Gasteiger partial charge in [-0.05, 0) is 12.8 Å². The van der Waals surface area contributed by atoms with Crippen molar-refractivity contribution >= 4 is 10.8 Å². The molecule has 0 aliphatic carbocycles. The molecule has 0 aliphatic rings. The van der Waals surface area contributed by atoms with E-state index >= 15 is 0 Å². The Balaban J connectivity index is 3.04. The highest BCUT2D eigenvalue weighted by molar-refractivity contribution is 7.84. The van der Waals surface area contributed by atoms with Crippen molar-refractivity contribution in [3.05, 3.63) is 12.2 Å². The van der Waals surface area contributed by atoms with Gasteiger partial charge in [-0.1, -0.05) is 57.6 Å². The van der Waals surface area contributed by atoms with E-state index < -0.39 is 10.8 Å². The minimum absolute atomic E-state index is 0.665. The second-order valence-corrected chi connectivity index (χ2v) is 5.60. The Morgan fingerprint density at radius 2 is 1.53 bits per heavy atom. The van der Waals surface area contributed by atoms with E-state index in [9.17, 15) is 4.21 Å². The molecular weight excluding hydrogens is 204 g/mol. The van der Waals surface area contributed by atoms with Gasteiger partial charge in [0, 0.05) is 22.8 Å². The Morgan fingerprint density at radius 1 is 0.933 bits per heavy atom. The Labute approximate surface area is 97.8 Å². The largest absolute Gasteiger partial charge is 0.260 e. The molecule has 0 saturated carbocycles. The molecule has 0 rings (SSSR count). The molecule has 2 heteroatoms. The van der Waals surface area contributed by atoms with Crippen molar-refractivity contribution in [3.8, 4) is 0 Å². The summed E-state index contributed by atoms with van der Waals surface area (Å²) in [4.78, 5) is 0. The molecular formula is C13H26OS. The lowest BCUT2D eigenvalue weighted by Gasteiger charge is -1.98. The fourth-order valence-corrected chi connectivity index (χ4v) is 1.95. The predicted molar refractivity (Wildman–Crippen MR) is 70.7 cm³/mol. The number of unbranched alkanes of at least 4 members (excludes halogenated alkanes) is 7. The summed E-state index contributed by atoms with van der Waals surface area (Å²) in [7, 11) is -0.665. The molecule has 0 radical (unpaired) electrons. The Bertz CT molecular complexity index is 175. The number of hydrogen-bond donors (Lipinski definition) is 0. The monoisotopic (exact) mass is 230 g/mol. The minimum Gasteiger partial charge on any atom is -0.260 e. The topological polar surface area (TPSA) is 17.1 Å². The second-order valence-electron chi connectivity index (χ2n) is 4.12. The van der Waals surface area contributed by atoms with Gasteiger partial charge < -0.3 is 0 Å². The van der Waals surface area contributed by atoms with Crippen molar-refractivity contribution in [1.29, 1.82) is 0 Å². The van der Waals surface area contributed by atoms with Crippen LogP contribution in [0.4, 0.5) is 0 Å².